The molecule has 4 heteroatoms. The maximum Gasteiger partial charge on any atom is 0.119 e. The summed E-state index contributed by atoms with van der Waals surface area (Å²) in [6, 6.07) is 38.9. The van der Waals surface area contributed by atoms with Crippen LogP contribution in [0.2, 0.25) is 0 Å². The zero-order chi connectivity index (χ0) is 27.7. The number of hydrogen-bond acceptors (Lipinski definition) is 3. The minimum Gasteiger partial charge on any atom is -0.497 e. The number of methoxy groups -OCH3 is 1. The number of rotatable bonds is 8. The van der Waals surface area contributed by atoms with Gasteiger partial charge in [0, 0.05) is 4.47 Å². The predicted octanol–water partition coefficient (Wildman–Crippen LogP) is 9.29. The van der Waals surface area contributed by atoms with Crippen molar-refractivity contribution in [1.82, 2.24) is 0 Å². The van der Waals surface area contributed by atoms with Crippen molar-refractivity contribution in [3.8, 4) is 39.5 Å². The number of benzene rings is 5. The second kappa shape index (κ2) is 10.9. The van der Waals surface area contributed by atoms with Gasteiger partial charge >= 0.3 is 0 Å². The van der Waals surface area contributed by atoms with E-state index in [0.29, 0.717) is 13.2 Å². The molecule has 40 heavy (non-hydrogen) atoms. The topological polar surface area (TPSA) is 27.7 Å². The van der Waals surface area contributed by atoms with Crippen LogP contribution in [0.5, 0.6) is 17.2 Å². The van der Waals surface area contributed by atoms with Crippen molar-refractivity contribution in [2.24, 2.45) is 0 Å². The summed E-state index contributed by atoms with van der Waals surface area (Å²) in [6.45, 7) is 5.29. The summed E-state index contributed by atoms with van der Waals surface area (Å²) in [4.78, 5) is 0. The number of ether oxygens (including phenoxy) is 3. The minimum absolute atomic E-state index is 0.535. The SMILES string of the molecule is CCOc1ccc(C2(c3ccc(OCC)cc3)c3cc(Br)ccc3-c3ccc(-c4ccc(OC)cc4)cc32)cc1. The maximum atomic E-state index is 5.82. The average molecular weight is 592 g/mol. The van der Waals surface area contributed by atoms with E-state index in [9.17, 15) is 0 Å². The molecule has 0 N–H and O–H groups in total. The maximum absolute atomic E-state index is 5.82. The van der Waals surface area contributed by atoms with Crippen molar-refractivity contribution in [3.05, 3.63) is 136 Å². The quantitative estimate of drug-likeness (QED) is 0.177. The van der Waals surface area contributed by atoms with Gasteiger partial charge in [0.15, 0.2) is 0 Å². The summed E-state index contributed by atoms with van der Waals surface area (Å²) in [7, 11) is 1.70. The predicted molar refractivity (Wildman–Crippen MR) is 166 cm³/mol. The van der Waals surface area contributed by atoms with E-state index in [1.807, 2.05) is 26.0 Å². The van der Waals surface area contributed by atoms with E-state index in [4.69, 9.17) is 14.2 Å². The van der Waals surface area contributed by atoms with Crippen LogP contribution in [0, 0.1) is 0 Å². The van der Waals surface area contributed by atoms with Gasteiger partial charge in [-0.15, -0.1) is 0 Å². The first-order valence-corrected chi connectivity index (χ1v) is 14.4. The molecule has 0 amide bonds. The Morgan fingerprint density at radius 2 is 1.02 bits per heavy atom. The molecule has 0 bridgehead atoms. The molecule has 0 saturated heterocycles. The van der Waals surface area contributed by atoms with Gasteiger partial charge < -0.3 is 14.2 Å². The molecule has 0 fully saturated rings. The lowest BCUT2D eigenvalue weighted by Crippen LogP contribution is -2.28. The Hall–Kier alpha value is -4.02. The van der Waals surface area contributed by atoms with Crippen LogP contribution in [0.3, 0.4) is 0 Å². The Morgan fingerprint density at radius 1 is 0.550 bits per heavy atom. The molecule has 0 spiro atoms. The van der Waals surface area contributed by atoms with E-state index in [1.165, 1.54) is 33.4 Å². The Bertz CT molecular complexity index is 1590. The van der Waals surface area contributed by atoms with E-state index in [-0.39, 0.29) is 0 Å². The standard InChI is InChI=1S/C36H31BrO3/c1-4-39-30-16-9-26(10-17-30)36(27-11-18-31(19-12-27)40-5-2)34-22-25(24-6-14-29(38-3)15-7-24)8-20-32(34)33-21-13-28(37)23-35(33)36/h6-23H,4-5H2,1-3H3. The third-order valence-electron chi connectivity index (χ3n) is 7.72. The lowest BCUT2D eigenvalue weighted by atomic mass is 9.67. The van der Waals surface area contributed by atoms with E-state index in [2.05, 4.69) is 113 Å². The summed E-state index contributed by atoms with van der Waals surface area (Å²) < 4.78 is 18.1. The monoisotopic (exact) mass is 590 g/mol. The largest absolute Gasteiger partial charge is 0.497 e. The lowest BCUT2D eigenvalue weighted by molar-refractivity contribution is 0.340. The molecule has 6 rings (SSSR count). The highest BCUT2D eigenvalue weighted by Gasteiger charge is 2.46. The fraction of sp³-hybridized carbons (Fsp3) is 0.167. The summed E-state index contributed by atoms with van der Waals surface area (Å²) in [5.74, 6) is 2.58. The normalized spacial score (nSPS) is 12.9. The van der Waals surface area contributed by atoms with Crippen LogP contribution in [-0.2, 0) is 5.41 Å². The van der Waals surface area contributed by atoms with Crippen LogP contribution in [0.4, 0.5) is 0 Å². The first kappa shape index (κ1) is 26.2. The molecule has 1 aliphatic rings. The smallest absolute Gasteiger partial charge is 0.119 e. The second-order valence-corrected chi connectivity index (χ2v) is 10.8. The average Bonchev–Trinajstić information content (AvgIpc) is 3.28. The van der Waals surface area contributed by atoms with Crippen LogP contribution in [0.1, 0.15) is 36.1 Å². The van der Waals surface area contributed by atoms with Crippen molar-refractivity contribution < 1.29 is 14.2 Å². The molecule has 1 aliphatic carbocycles. The highest BCUT2D eigenvalue weighted by Crippen LogP contribution is 2.57. The van der Waals surface area contributed by atoms with Gasteiger partial charge in [-0.3, -0.25) is 0 Å². The molecule has 3 nitrogen and oxygen atoms in total. The van der Waals surface area contributed by atoms with Crippen LogP contribution < -0.4 is 14.2 Å². The second-order valence-electron chi connectivity index (χ2n) is 9.84. The third-order valence-corrected chi connectivity index (χ3v) is 8.21. The summed E-state index contributed by atoms with van der Waals surface area (Å²) in [6.07, 6.45) is 0. The highest BCUT2D eigenvalue weighted by molar-refractivity contribution is 9.10. The molecule has 5 aromatic rings. The molecule has 5 aromatic carbocycles. The molecule has 0 heterocycles. The molecular formula is C36H31BrO3. The molecule has 0 atom stereocenters. The zero-order valence-corrected chi connectivity index (χ0v) is 24.5. The van der Waals surface area contributed by atoms with Gasteiger partial charge in [0.1, 0.15) is 17.2 Å². The van der Waals surface area contributed by atoms with Gasteiger partial charge in [-0.05, 0) is 113 Å². The van der Waals surface area contributed by atoms with Crippen LogP contribution in [-0.4, -0.2) is 20.3 Å². The minimum atomic E-state index is -0.535. The van der Waals surface area contributed by atoms with Crippen molar-refractivity contribution in [1.29, 1.82) is 0 Å². The lowest BCUT2D eigenvalue weighted by Gasteiger charge is -2.34. The molecule has 0 radical (unpaired) electrons. The Morgan fingerprint density at radius 3 is 1.55 bits per heavy atom. The van der Waals surface area contributed by atoms with Crippen molar-refractivity contribution in [2.45, 2.75) is 19.3 Å². The molecule has 0 aliphatic heterocycles. The first-order chi connectivity index (χ1) is 19.6. The van der Waals surface area contributed by atoms with Gasteiger partial charge in [-0.25, -0.2) is 0 Å². The van der Waals surface area contributed by atoms with E-state index >= 15 is 0 Å². The number of hydrogen-bond donors (Lipinski definition) is 0. The van der Waals surface area contributed by atoms with Crippen LogP contribution in [0.15, 0.2) is 114 Å². The Labute approximate surface area is 244 Å². The molecule has 0 unspecified atom stereocenters. The van der Waals surface area contributed by atoms with E-state index in [1.54, 1.807) is 7.11 Å². The Balaban J connectivity index is 1.65. The summed E-state index contributed by atoms with van der Waals surface area (Å²) in [5, 5.41) is 0. The van der Waals surface area contributed by atoms with Gasteiger partial charge in [-0.1, -0.05) is 70.5 Å². The number of fused-ring (bicyclic) bond motifs is 3. The molecule has 0 aromatic heterocycles. The van der Waals surface area contributed by atoms with Gasteiger partial charge in [-0.2, -0.15) is 0 Å². The fourth-order valence-electron chi connectivity index (χ4n) is 5.98. The fourth-order valence-corrected chi connectivity index (χ4v) is 6.34. The van der Waals surface area contributed by atoms with Crippen molar-refractivity contribution in [3.63, 3.8) is 0 Å². The molecule has 200 valence electrons. The van der Waals surface area contributed by atoms with Gasteiger partial charge in [0.25, 0.3) is 0 Å². The Kier molecular flexibility index (Phi) is 7.12. The van der Waals surface area contributed by atoms with E-state index in [0.717, 1.165) is 32.8 Å². The summed E-state index contributed by atoms with van der Waals surface area (Å²) in [5.41, 5.74) is 9.12. The van der Waals surface area contributed by atoms with Crippen LogP contribution >= 0.6 is 15.9 Å². The van der Waals surface area contributed by atoms with Crippen molar-refractivity contribution in [2.75, 3.05) is 20.3 Å². The first-order valence-electron chi connectivity index (χ1n) is 13.6. The third kappa shape index (κ3) is 4.37. The van der Waals surface area contributed by atoms with E-state index < -0.39 is 5.41 Å². The number of halogens is 1. The molecule has 0 saturated carbocycles. The van der Waals surface area contributed by atoms with Gasteiger partial charge in [0.2, 0.25) is 0 Å². The van der Waals surface area contributed by atoms with Crippen molar-refractivity contribution >= 4 is 15.9 Å². The summed E-state index contributed by atoms with van der Waals surface area (Å²) >= 11 is 3.78. The zero-order valence-electron chi connectivity index (χ0n) is 22.9. The van der Waals surface area contributed by atoms with Crippen LogP contribution in [0.25, 0.3) is 22.3 Å². The highest BCUT2D eigenvalue weighted by atomic mass is 79.9. The van der Waals surface area contributed by atoms with Gasteiger partial charge in [0.05, 0.1) is 25.7 Å². The molecular weight excluding hydrogens is 560 g/mol.